The Kier molecular flexibility index (Phi) is 5.84. The average Bonchev–Trinajstić information content (AvgIpc) is 2.50. The van der Waals surface area contributed by atoms with Gasteiger partial charge in [0, 0.05) is 10.5 Å². The fourth-order valence-corrected chi connectivity index (χ4v) is 2.78. The van der Waals surface area contributed by atoms with Gasteiger partial charge in [-0.2, -0.15) is 0 Å². The Hall–Kier alpha value is -2.06. The van der Waals surface area contributed by atoms with Gasteiger partial charge in [-0.15, -0.1) is 0 Å². The Morgan fingerprint density at radius 1 is 1.29 bits per heavy atom. The highest BCUT2D eigenvalue weighted by Gasteiger charge is 2.17. The van der Waals surface area contributed by atoms with E-state index in [0.717, 1.165) is 11.6 Å². The molecule has 0 saturated heterocycles. The molecule has 0 saturated carbocycles. The molecule has 2 rings (SSSR count). The van der Waals surface area contributed by atoms with Gasteiger partial charge in [0.05, 0.1) is 18.4 Å². The molecule has 0 spiro atoms. The number of carbonyl (C=O) groups excluding carboxylic acids is 1. The maximum Gasteiger partial charge on any atom is 0.261 e. The van der Waals surface area contributed by atoms with Crippen LogP contribution < -0.4 is 15.4 Å². The number of thiocarbonyl (C=S) groups is 1. The second-order valence-electron chi connectivity index (χ2n) is 4.81. The van der Waals surface area contributed by atoms with Crippen molar-refractivity contribution in [2.45, 2.75) is 6.92 Å². The van der Waals surface area contributed by atoms with Gasteiger partial charge in [0.25, 0.3) is 5.91 Å². The van der Waals surface area contributed by atoms with Gasteiger partial charge in [0.15, 0.2) is 10.9 Å². The molecular formula is C16H13BrF2N2O2S. The first-order chi connectivity index (χ1) is 11.3. The van der Waals surface area contributed by atoms with E-state index in [1.54, 1.807) is 25.1 Å². The zero-order chi connectivity index (χ0) is 17.9. The van der Waals surface area contributed by atoms with E-state index in [1.807, 2.05) is 0 Å². The molecule has 0 fully saturated rings. The number of carbonyl (C=O) groups is 1. The monoisotopic (exact) mass is 414 g/mol. The third-order valence-electron chi connectivity index (χ3n) is 3.13. The lowest BCUT2D eigenvalue weighted by molar-refractivity contribution is 0.0974. The van der Waals surface area contributed by atoms with Gasteiger partial charge in [-0.3, -0.25) is 10.1 Å². The van der Waals surface area contributed by atoms with E-state index < -0.39 is 17.5 Å². The predicted molar refractivity (Wildman–Crippen MR) is 95.5 cm³/mol. The Balaban J connectivity index is 2.16. The van der Waals surface area contributed by atoms with Crippen LogP contribution in [-0.2, 0) is 0 Å². The Morgan fingerprint density at radius 2 is 2.00 bits per heavy atom. The van der Waals surface area contributed by atoms with E-state index in [1.165, 1.54) is 7.11 Å². The summed E-state index contributed by atoms with van der Waals surface area (Å²) in [4.78, 5) is 12.3. The van der Waals surface area contributed by atoms with Crippen molar-refractivity contribution in [2.24, 2.45) is 0 Å². The lowest BCUT2D eigenvalue weighted by Gasteiger charge is -2.14. The summed E-state index contributed by atoms with van der Waals surface area (Å²) in [5.74, 6) is -1.66. The van der Waals surface area contributed by atoms with Crippen LogP contribution in [0.5, 0.6) is 5.75 Å². The van der Waals surface area contributed by atoms with Crippen LogP contribution in [0, 0.1) is 18.6 Å². The highest BCUT2D eigenvalue weighted by molar-refractivity contribution is 9.10. The summed E-state index contributed by atoms with van der Waals surface area (Å²) in [7, 11) is 1.46. The van der Waals surface area contributed by atoms with Gasteiger partial charge < -0.3 is 10.1 Å². The smallest absolute Gasteiger partial charge is 0.261 e. The second kappa shape index (κ2) is 7.67. The van der Waals surface area contributed by atoms with Gasteiger partial charge >= 0.3 is 0 Å². The minimum absolute atomic E-state index is 0.0714. The molecule has 2 aromatic rings. The molecule has 0 aliphatic rings. The van der Waals surface area contributed by atoms with Gasteiger partial charge in [-0.25, -0.2) is 8.78 Å². The highest BCUT2D eigenvalue weighted by Crippen LogP contribution is 2.27. The van der Waals surface area contributed by atoms with Crippen LogP contribution in [0.4, 0.5) is 14.5 Å². The molecule has 8 heteroatoms. The average molecular weight is 415 g/mol. The number of benzene rings is 2. The van der Waals surface area contributed by atoms with Crippen molar-refractivity contribution in [2.75, 3.05) is 12.4 Å². The maximum atomic E-state index is 13.8. The summed E-state index contributed by atoms with van der Waals surface area (Å²) in [6, 6.07) is 6.88. The minimum Gasteiger partial charge on any atom is -0.496 e. The van der Waals surface area contributed by atoms with E-state index in [-0.39, 0.29) is 15.3 Å². The lowest BCUT2D eigenvalue weighted by atomic mass is 10.1. The van der Waals surface area contributed by atoms with E-state index in [4.69, 9.17) is 17.0 Å². The first-order valence-electron chi connectivity index (χ1n) is 6.74. The minimum atomic E-state index is -0.841. The second-order valence-corrected chi connectivity index (χ2v) is 6.07. The van der Waals surface area contributed by atoms with Crippen molar-refractivity contribution < 1.29 is 18.3 Å². The number of anilines is 1. The van der Waals surface area contributed by atoms with Crippen molar-refractivity contribution in [3.8, 4) is 5.75 Å². The SMILES string of the molecule is COc1c(C)cccc1C(=O)NC(=S)Nc1c(F)cc(F)cc1Br. The third kappa shape index (κ3) is 4.07. The molecule has 2 aromatic carbocycles. The molecule has 0 radical (unpaired) electrons. The van der Waals surface area contributed by atoms with Gasteiger partial charge in [0.2, 0.25) is 0 Å². The van der Waals surface area contributed by atoms with E-state index >= 15 is 0 Å². The number of rotatable bonds is 3. The molecular weight excluding hydrogens is 402 g/mol. The van der Waals surface area contributed by atoms with Crippen LogP contribution in [0.25, 0.3) is 0 Å². The number of halogens is 3. The number of hydrogen-bond acceptors (Lipinski definition) is 3. The van der Waals surface area contributed by atoms with Crippen LogP contribution in [0.15, 0.2) is 34.8 Å². The molecule has 0 unspecified atom stereocenters. The Morgan fingerprint density at radius 3 is 2.62 bits per heavy atom. The zero-order valence-corrected chi connectivity index (χ0v) is 15.1. The van der Waals surface area contributed by atoms with E-state index in [9.17, 15) is 13.6 Å². The standard InChI is InChI=1S/C16H13BrF2N2O2S/c1-8-4-3-5-10(14(8)23-2)15(22)21-16(24)20-13-11(17)6-9(18)7-12(13)19/h3-7H,1-2H3,(H2,20,21,22,24). The number of aryl methyl sites for hydroxylation is 1. The number of ether oxygens (including phenoxy) is 1. The van der Waals surface area contributed by atoms with E-state index in [0.29, 0.717) is 17.4 Å². The molecule has 1 amide bonds. The summed E-state index contributed by atoms with van der Waals surface area (Å²) in [6.07, 6.45) is 0. The number of hydrogen-bond donors (Lipinski definition) is 2. The molecule has 0 aromatic heterocycles. The van der Waals surface area contributed by atoms with Crippen LogP contribution in [-0.4, -0.2) is 18.1 Å². The highest BCUT2D eigenvalue weighted by atomic mass is 79.9. The predicted octanol–water partition coefficient (Wildman–Crippen LogP) is 4.17. The lowest BCUT2D eigenvalue weighted by Crippen LogP contribution is -2.34. The van der Waals surface area contributed by atoms with Crippen LogP contribution >= 0.6 is 28.1 Å². The Labute approximate surface area is 151 Å². The molecule has 2 N–H and O–H groups in total. The summed E-state index contributed by atoms with van der Waals surface area (Å²) in [5.41, 5.74) is 1.01. The van der Waals surface area contributed by atoms with Gasteiger partial charge in [0.1, 0.15) is 11.6 Å². The molecule has 24 heavy (non-hydrogen) atoms. The van der Waals surface area contributed by atoms with Crippen molar-refractivity contribution in [3.63, 3.8) is 0 Å². The zero-order valence-electron chi connectivity index (χ0n) is 12.7. The van der Waals surface area contributed by atoms with Crippen molar-refractivity contribution >= 4 is 44.9 Å². The van der Waals surface area contributed by atoms with Crippen molar-refractivity contribution in [1.29, 1.82) is 0 Å². The quantitative estimate of drug-likeness (QED) is 0.739. The molecule has 126 valence electrons. The molecule has 0 bridgehead atoms. The number of nitrogens with one attached hydrogen (secondary N) is 2. The maximum absolute atomic E-state index is 13.8. The fraction of sp³-hybridized carbons (Fsp3) is 0.125. The van der Waals surface area contributed by atoms with E-state index in [2.05, 4.69) is 26.6 Å². The summed E-state index contributed by atoms with van der Waals surface area (Å²) in [6.45, 7) is 1.80. The molecule has 0 heterocycles. The van der Waals surface area contributed by atoms with Crippen LogP contribution in [0.1, 0.15) is 15.9 Å². The normalized spacial score (nSPS) is 10.2. The molecule has 4 nitrogen and oxygen atoms in total. The molecule has 0 aliphatic heterocycles. The number of methoxy groups -OCH3 is 1. The van der Waals surface area contributed by atoms with Crippen molar-refractivity contribution in [3.05, 3.63) is 57.6 Å². The fourth-order valence-electron chi connectivity index (χ4n) is 2.08. The van der Waals surface area contributed by atoms with Crippen LogP contribution in [0.3, 0.4) is 0 Å². The summed E-state index contributed by atoms with van der Waals surface area (Å²) in [5, 5.41) is 4.83. The Bertz CT molecular complexity index is 792. The van der Waals surface area contributed by atoms with Gasteiger partial charge in [-0.05, 0) is 52.8 Å². The molecule has 0 aliphatic carbocycles. The summed E-state index contributed by atoms with van der Waals surface area (Å²) < 4.78 is 32.2. The summed E-state index contributed by atoms with van der Waals surface area (Å²) >= 11 is 8.05. The molecule has 0 atom stereocenters. The largest absolute Gasteiger partial charge is 0.496 e. The first kappa shape index (κ1) is 18.3. The third-order valence-corrected chi connectivity index (χ3v) is 3.96. The number of para-hydroxylation sites is 1. The topological polar surface area (TPSA) is 50.4 Å². The van der Waals surface area contributed by atoms with Crippen LogP contribution in [0.2, 0.25) is 0 Å². The van der Waals surface area contributed by atoms with Gasteiger partial charge in [-0.1, -0.05) is 12.1 Å². The van der Waals surface area contributed by atoms with Crippen molar-refractivity contribution in [1.82, 2.24) is 5.32 Å². The first-order valence-corrected chi connectivity index (χ1v) is 7.94. The number of amides is 1.